The third kappa shape index (κ3) is 11.4. The summed E-state index contributed by atoms with van der Waals surface area (Å²) >= 11 is 0. The Morgan fingerprint density at radius 1 is 0.891 bits per heavy atom. The topological polar surface area (TPSA) is 227 Å². The average Bonchev–Trinajstić information content (AvgIpc) is 3.67. The molecule has 4 aliphatic rings. The van der Waals surface area contributed by atoms with Gasteiger partial charge >= 0.3 is 12.2 Å². The van der Waals surface area contributed by atoms with Crippen molar-refractivity contribution in [1.29, 1.82) is 0 Å². The van der Waals surface area contributed by atoms with Crippen LogP contribution in [-0.2, 0) is 31.8 Å². The summed E-state index contributed by atoms with van der Waals surface area (Å²) in [5.74, 6) is 1.16. The molecule has 4 fully saturated rings. The molecule has 17 heteroatoms. The molecular weight excluding hydrogens is 714 g/mol. The minimum absolute atomic E-state index is 0.0100. The lowest BCUT2D eigenvalue weighted by molar-refractivity contribution is -0.125. The van der Waals surface area contributed by atoms with E-state index in [1.165, 1.54) is 6.92 Å². The second-order valence-electron chi connectivity index (χ2n) is 15.0. The summed E-state index contributed by atoms with van der Waals surface area (Å²) in [6.07, 6.45) is -1.15. The highest BCUT2D eigenvalue weighted by Gasteiger charge is 2.42. The second kappa shape index (κ2) is 18.6. The minimum Gasteiger partial charge on any atom is -0.497 e. The van der Waals surface area contributed by atoms with E-state index in [0.29, 0.717) is 57.9 Å². The number of hydrogen-bond donors (Lipinski definition) is 8. The first-order chi connectivity index (χ1) is 26.4. The van der Waals surface area contributed by atoms with Crippen LogP contribution in [0.2, 0.25) is 0 Å². The molecule has 6 rings (SSSR count). The molecule has 0 bridgehead atoms. The summed E-state index contributed by atoms with van der Waals surface area (Å²) in [7, 11) is 1.62. The van der Waals surface area contributed by atoms with Crippen LogP contribution in [0.3, 0.4) is 0 Å². The van der Waals surface area contributed by atoms with Gasteiger partial charge in [-0.2, -0.15) is 0 Å². The molecule has 1 saturated carbocycles. The quantitative estimate of drug-likeness (QED) is 0.0939. The van der Waals surface area contributed by atoms with E-state index < -0.39 is 42.2 Å². The van der Waals surface area contributed by atoms with E-state index in [2.05, 4.69) is 26.6 Å². The third-order valence-corrected chi connectivity index (χ3v) is 10.6. The van der Waals surface area contributed by atoms with E-state index in [-0.39, 0.29) is 43.4 Å². The number of alkyl carbamates (subject to hydrolysis) is 2. The Morgan fingerprint density at radius 3 is 2.15 bits per heavy atom. The molecule has 17 nitrogen and oxygen atoms in total. The number of carbonyl (C=O) groups is 3. The Bertz CT molecular complexity index is 1570. The van der Waals surface area contributed by atoms with Crippen LogP contribution in [-0.4, -0.2) is 147 Å². The normalized spacial score (nSPS) is 28.3. The van der Waals surface area contributed by atoms with Crippen LogP contribution in [0.4, 0.5) is 9.59 Å². The van der Waals surface area contributed by atoms with Crippen molar-refractivity contribution in [2.75, 3.05) is 59.7 Å². The van der Waals surface area contributed by atoms with Crippen molar-refractivity contribution in [2.45, 2.75) is 86.8 Å². The number of hydrogen-bond acceptors (Lipinski definition) is 14. The molecule has 302 valence electrons. The van der Waals surface area contributed by atoms with Gasteiger partial charge in [-0.15, -0.1) is 0 Å². The molecule has 3 saturated heterocycles. The molecular formula is C38H55N7O10. The van der Waals surface area contributed by atoms with Crippen molar-refractivity contribution in [3.8, 4) is 11.5 Å². The zero-order valence-electron chi connectivity index (χ0n) is 31.4. The molecule has 3 amide bonds. The Kier molecular flexibility index (Phi) is 13.7. The molecule has 2 aromatic rings. The SMILES string of the molecule is COc1ccc(C[C@H]2NC[C@H](OCOc3ccc(C[C@H]4NC[C@H](O)[C@H]4OC(=O)NCCN4CC(O)(CNC(C)=O)C4)cc3)[C@H]2OC(=O)NC2CC(N)C2)cc1. The second-order valence-corrected chi connectivity index (χ2v) is 15.0. The number of β-amino-alcohol motifs (C(OH)–C–C–N with tert-alkyl or cyclic N) is 2. The predicted octanol–water partition coefficient (Wildman–Crippen LogP) is -0.631. The van der Waals surface area contributed by atoms with Gasteiger partial charge in [0.15, 0.2) is 6.79 Å². The van der Waals surface area contributed by atoms with Gasteiger partial charge in [0.05, 0.1) is 19.2 Å². The molecule has 3 heterocycles. The number of nitrogens with one attached hydrogen (secondary N) is 5. The van der Waals surface area contributed by atoms with Gasteiger partial charge in [-0.3, -0.25) is 9.69 Å². The van der Waals surface area contributed by atoms with Gasteiger partial charge < -0.3 is 66.2 Å². The number of amides is 3. The number of benzene rings is 2. The number of aliphatic hydroxyl groups excluding tert-OH is 1. The van der Waals surface area contributed by atoms with Crippen molar-refractivity contribution in [3.05, 3.63) is 59.7 Å². The summed E-state index contributed by atoms with van der Waals surface area (Å²) < 4.78 is 28.9. The number of aliphatic hydroxyl groups is 2. The van der Waals surface area contributed by atoms with E-state index >= 15 is 0 Å². The molecule has 0 aromatic heterocycles. The van der Waals surface area contributed by atoms with E-state index in [1.54, 1.807) is 7.11 Å². The van der Waals surface area contributed by atoms with E-state index in [9.17, 15) is 24.6 Å². The summed E-state index contributed by atoms with van der Waals surface area (Å²) in [5.41, 5.74) is 6.94. The van der Waals surface area contributed by atoms with Crippen LogP contribution < -0.4 is 41.8 Å². The molecule has 3 aliphatic heterocycles. The molecule has 55 heavy (non-hydrogen) atoms. The van der Waals surface area contributed by atoms with E-state index in [0.717, 1.165) is 29.7 Å². The first-order valence-corrected chi connectivity index (χ1v) is 18.9. The summed E-state index contributed by atoms with van der Waals surface area (Å²) in [6.45, 7) is 3.90. The zero-order chi connectivity index (χ0) is 39.0. The first kappa shape index (κ1) is 40.4. The number of nitrogens with two attached hydrogens (primary N) is 1. The summed E-state index contributed by atoms with van der Waals surface area (Å²) in [6, 6.07) is 14.9. The van der Waals surface area contributed by atoms with Gasteiger partial charge in [0, 0.05) is 64.8 Å². The first-order valence-electron chi connectivity index (χ1n) is 18.9. The van der Waals surface area contributed by atoms with Crippen molar-refractivity contribution in [2.24, 2.45) is 5.73 Å². The maximum atomic E-state index is 12.8. The van der Waals surface area contributed by atoms with Crippen molar-refractivity contribution in [1.82, 2.24) is 31.5 Å². The highest BCUT2D eigenvalue weighted by Crippen LogP contribution is 2.24. The molecule has 0 radical (unpaired) electrons. The van der Waals surface area contributed by atoms with Crippen LogP contribution in [0.1, 0.15) is 30.9 Å². The Hall–Kier alpha value is -4.23. The number of ether oxygens (including phenoxy) is 5. The third-order valence-electron chi connectivity index (χ3n) is 10.6. The summed E-state index contributed by atoms with van der Waals surface area (Å²) in [5, 5.41) is 35.9. The summed E-state index contributed by atoms with van der Waals surface area (Å²) in [4.78, 5) is 38.5. The standard InChI is InChI=1S/C38H55N7O10/c1-23(46)43-19-38(50)20-45(21-38)12-11-40-36(48)54-34-30(41-17-32(34)47)13-25-5-9-29(10-6-25)52-22-53-33-18-42-31(14-24-3-7-28(51-2)8-4-24)35(33)55-37(49)44-27-15-26(39)16-27/h3-10,26-27,30-35,41-42,47,50H,11-22,39H2,1-2H3,(H,40,48)(H,43,46)(H,44,49)/t26?,27?,30-,31-,32+,33+,34+,35+/m1/s1. The number of methoxy groups -OCH3 is 1. The van der Waals surface area contributed by atoms with Crippen molar-refractivity contribution in [3.63, 3.8) is 0 Å². The monoisotopic (exact) mass is 769 g/mol. The Labute approximate surface area is 320 Å². The predicted molar refractivity (Wildman–Crippen MR) is 200 cm³/mol. The van der Waals surface area contributed by atoms with Crippen LogP contribution >= 0.6 is 0 Å². The van der Waals surface area contributed by atoms with E-state index in [4.69, 9.17) is 29.4 Å². The fourth-order valence-corrected chi connectivity index (χ4v) is 7.49. The minimum atomic E-state index is -0.960. The number of rotatable bonds is 17. The maximum Gasteiger partial charge on any atom is 0.407 e. The molecule has 1 aliphatic carbocycles. The van der Waals surface area contributed by atoms with Crippen molar-refractivity contribution >= 4 is 18.1 Å². The van der Waals surface area contributed by atoms with Crippen LogP contribution in [0.25, 0.3) is 0 Å². The number of likely N-dealkylation sites (tertiary alicyclic amines) is 1. The van der Waals surface area contributed by atoms with Gasteiger partial charge in [0.1, 0.15) is 41.5 Å². The van der Waals surface area contributed by atoms with Gasteiger partial charge in [-0.1, -0.05) is 24.3 Å². The van der Waals surface area contributed by atoms with Crippen molar-refractivity contribution < 1.29 is 48.3 Å². The van der Waals surface area contributed by atoms with E-state index in [1.807, 2.05) is 53.4 Å². The molecule has 0 unspecified atom stereocenters. The molecule has 0 spiro atoms. The smallest absolute Gasteiger partial charge is 0.407 e. The van der Waals surface area contributed by atoms with Crippen LogP contribution in [0, 0.1) is 0 Å². The molecule has 2 aromatic carbocycles. The Balaban J connectivity index is 0.934. The van der Waals surface area contributed by atoms with Crippen LogP contribution in [0.15, 0.2) is 48.5 Å². The molecule has 9 N–H and O–H groups in total. The Morgan fingerprint density at radius 2 is 1.51 bits per heavy atom. The van der Waals surface area contributed by atoms with Gasteiger partial charge in [-0.25, -0.2) is 9.59 Å². The zero-order valence-corrected chi connectivity index (χ0v) is 31.4. The largest absolute Gasteiger partial charge is 0.497 e. The highest BCUT2D eigenvalue weighted by atomic mass is 16.7. The fraction of sp³-hybridized carbons (Fsp3) is 0.605. The van der Waals surface area contributed by atoms with Crippen LogP contribution in [0.5, 0.6) is 11.5 Å². The lowest BCUT2D eigenvalue weighted by Gasteiger charge is -2.46. The van der Waals surface area contributed by atoms with Gasteiger partial charge in [0.25, 0.3) is 0 Å². The maximum absolute atomic E-state index is 12.8. The van der Waals surface area contributed by atoms with Gasteiger partial charge in [0.2, 0.25) is 5.91 Å². The fourth-order valence-electron chi connectivity index (χ4n) is 7.49. The van der Waals surface area contributed by atoms with Gasteiger partial charge in [-0.05, 0) is 61.1 Å². The average molecular weight is 770 g/mol. The number of nitrogens with zero attached hydrogens (tertiary/aromatic N) is 1. The lowest BCUT2D eigenvalue weighted by Crippen LogP contribution is -2.66. The number of carbonyl (C=O) groups excluding carboxylic acids is 3. The highest BCUT2D eigenvalue weighted by molar-refractivity contribution is 5.73. The lowest BCUT2D eigenvalue weighted by atomic mass is 9.88. The molecule has 6 atom stereocenters.